The van der Waals surface area contributed by atoms with Crippen molar-refractivity contribution in [3.63, 3.8) is 0 Å². The zero-order valence-electron chi connectivity index (χ0n) is 13.3. The molecule has 0 unspecified atom stereocenters. The van der Waals surface area contributed by atoms with Gasteiger partial charge in [0.2, 0.25) is 5.95 Å². The molecule has 2 aromatic carbocycles. The second kappa shape index (κ2) is 7.82. The molecule has 8 heteroatoms. The molecule has 5 nitrogen and oxygen atoms in total. The molecule has 0 aliphatic heterocycles. The molecule has 0 radical (unpaired) electrons. The minimum atomic E-state index is 0.389. The molecular weight excluding hydrogens is 377 g/mol. The van der Waals surface area contributed by atoms with Crippen molar-refractivity contribution >= 4 is 52.2 Å². The maximum Gasteiger partial charge on any atom is 0.248 e. The van der Waals surface area contributed by atoms with Gasteiger partial charge in [0.05, 0.1) is 6.54 Å². The van der Waals surface area contributed by atoms with E-state index in [1.165, 1.54) is 0 Å². The summed E-state index contributed by atoms with van der Waals surface area (Å²) in [6.45, 7) is 2.52. The smallest absolute Gasteiger partial charge is 0.248 e. The Bertz CT molecular complexity index is 910. The van der Waals surface area contributed by atoms with E-state index in [4.69, 9.17) is 35.4 Å². The Kier molecular flexibility index (Phi) is 5.53. The molecule has 0 fully saturated rings. The molecule has 1 heterocycles. The van der Waals surface area contributed by atoms with Crippen LogP contribution in [-0.2, 0) is 6.54 Å². The van der Waals surface area contributed by atoms with Gasteiger partial charge in [-0.3, -0.25) is 5.32 Å². The molecule has 0 saturated carbocycles. The highest BCUT2D eigenvalue weighted by Crippen LogP contribution is 2.20. The molecule has 3 rings (SSSR count). The maximum absolute atomic E-state index is 6.11. The summed E-state index contributed by atoms with van der Waals surface area (Å²) in [5.41, 5.74) is 2.85. The average Bonchev–Trinajstić information content (AvgIpc) is 2.98. The van der Waals surface area contributed by atoms with Gasteiger partial charge in [-0.1, -0.05) is 41.4 Å². The summed E-state index contributed by atoms with van der Waals surface area (Å²) in [6, 6.07) is 13.2. The third kappa shape index (κ3) is 4.92. The van der Waals surface area contributed by atoms with Crippen LogP contribution >= 0.6 is 35.4 Å². The molecule has 0 aliphatic carbocycles. The monoisotopic (exact) mass is 391 g/mol. The molecule has 0 amide bonds. The van der Waals surface area contributed by atoms with Gasteiger partial charge in [-0.2, -0.15) is 0 Å². The number of aryl methyl sites for hydroxylation is 1. The first kappa shape index (κ1) is 17.7. The highest BCUT2D eigenvalue weighted by Gasteiger charge is 2.06. The van der Waals surface area contributed by atoms with Gasteiger partial charge in [0.15, 0.2) is 5.11 Å². The molecule has 0 saturated heterocycles. The van der Waals surface area contributed by atoms with Crippen LogP contribution in [0.1, 0.15) is 11.1 Å². The third-order valence-corrected chi connectivity index (χ3v) is 4.27. The summed E-state index contributed by atoms with van der Waals surface area (Å²) in [5, 5.41) is 12.1. The van der Waals surface area contributed by atoms with Gasteiger partial charge < -0.3 is 5.32 Å². The number of benzene rings is 2. The molecule has 3 aromatic rings. The van der Waals surface area contributed by atoms with Crippen molar-refractivity contribution in [2.24, 2.45) is 0 Å². The van der Waals surface area contributed by atoms with E-state index in [0.29, 0.717) is 27.7 Å². The van der Waals surface area contributed by atoms with Crippen LogP contribution in [0, 0.1) is 6.92 Å². The number of anilines is 2. The van der Waals surface area contributed by atoms with Crippen LogP contribution in [0.4, 0.5) is 11.6 Å². The van der Waals surface area contributed by atoms with Crippen LogP contribution in [0.2, 0.25) is 10.0 Å². The number of thiocarbonyl (C=S) groups is 1. The summed E-state index contributed by atoms with van der Waals surface area (Å²) in [6.07, 6.45) is 1.63. The molecule has 0 atom stereocenters. The number of nitrogens with one attached hydrogen (secondary N) is 2. The first-order valence-electron chi connectivity index (χ1n) is 7.47. The second-order valence-electron chi connectivity index (χ2n) is 5.44. The molecule has 0 aliphatic rings. The fourth-order valence-corrected chi connectivity index (χ4v) is 2.79. The highest BCUT2D eigenvalue weighted by atomic mass is 35.5. The molecule has 128 valence electrons. The van der Waals surface area contributed by atoms with Crippen molar-refractivity contribution in [2.75, 3.05) is 10.6 Å². The van der Waals surface area contributed by atoms with Gasteiger partial charge in [0, 0.05) is 15.7 Å². The van der Waals surface area contributed by atoms with Gasteiger partial charge in [-0.15, -0.1) is 5.10 Å². The number of aromatic nitrogens is 3. The highest BCUT2D eigenvalue weighted by molar-refractivity contribution is 7.80. The molecule has 2 N–H and O–H groups in total. The predicted octanol–water partition coefficient (Wildman–Crippen LogP) is 4.75. The van der Waals surface area contributed by atoms with E-state index < -0.39 is 0 Å². The van der Waals surface area contributed by atoms with Gasteiger partial charge in [0.25, 0.3) is 0 Å². The summed E-state index contributed by atoms with van der Waals surface area (Å²) in [5.74, 6) is 0.415. The van der Waals surface area contributed by atoms with Crippen molar-refractivity contribution in [1.29, 1.82) is 0 Å². The Morgan fingerprint density at radius 3 is 2.76 bits per heavy atom. The molecule has 0 bridgehead atoms. The lowest BCUT2D eigenvalue weighted by atomic mass is 10.2. The lowest BCUT2D eigenvalue weighted by molar-refractivity contribution is 0.687. The first-order chi connectivity index (χ1) is 12.0. The Labute approximate surface area is 161 Å². The molecule has 0 spiro atoms. The lowest BCUT2D eigenvalue weighted by Crippen LogP contribution is -2.20. The second-order valence-corrected chi connectivity index (χ2v) is 6.69. The molecule has 25 heavy (non-hydrogen) atoms. The SMILES string of the molecule is Cc1ccc(NC(=S)Nc2ncn(Cc3cccc(Cl)c3)n2)cc1Cl. The minimum Gasteiger partial charge on any atom is -0.332 e. The maximum atomic E-state index is 6.11. The van der Waals surface area contributed by atoms with Gasteiger partial charge >= 0.3 is 0 Å². The predicted molar refractivity (Wildman–Crippen MR) is 107 cm³/mol. The van der Waals surface area contributed by atoms with Crippen molar-refractivity contribution < 1.29 is 0 Å². The van der Waals surface area contributed by atoms with Crippen molar-refractivity contribution in [3.05, 3.63) is 70.0 Å². The van der Waals surface area contributed by atoms with E-state index in [0.717, 1.165) is 16.8 Å². The summed E-state index contributed by atoms with van der Waals surface area (Å²) < 4.78 is 1.71. The first-order valence-corrected chi connectivity index (χ1v) is 8.64. The van der Waals surface area contributed by atoms with Crippen LogP contribution < -0.4 is 10.6 Å². The Hall–Kier alpha value is -2.15. The van der Waals surface area contributed by atoms with E-state index in [1.807, 2.05) is 49.4 Å². The zero-order chi connectivity index (χ0) is 17.8. The van der Waals surface area contributed by atoms with E-state index >= 15 is 0 Å². The van der Waals surface area contributed by atoms with Crippen LogP contribution in [0.25, 0.3) is 0 Å². The molecular formula is C17H15Cl2N5S. The lowest BCUT2D eigenvalue weighted by Gasteiger charge is -2.09. The van der Waals surface area contributed by atoms with E-state index in [1.54, 1.807) is 11.0 Å². The number of hydrogen-bond acceptors (Lipinski definition) is 3. The third-order valence-electron chi connectivity index (χ3n) is 3.43. The minimum absolute atomic E-state index is 0.389. The van der Waals surface area contributed by atoms with E-state index in [-0.39, 0.29) is 0 Å². The Balaban J connectivity index is 1.60. The van der Waals surface area contributed by atoms with Gasteiger partial charge in [0.1, 0.15) is 6.33 Å². The van der Waals surface area contributed by atoms with Gasteiger partial charge in [-0.25, -0.2) is 9.67 Å². The fourth-order valence-electron chi connectivity index (χ4n) is 2.18. The summed E-state index contributed by atoms with van der Waals surface area (Å²) in [7, 11) is 0. The largest absolute Gasteiger partial charge is 0.332 e. The fraction of sp³-hybridized carbons (Fsp3) is 0.118. The van der Waals surface area contributed by atoms with Crippen LogP contribution in [0.3, 0.4) is 0 Å². The quantitative estimate of drug-likeness (QED) is 0.628. The summed E-state index contributed by atoms with van der Waals surface area (Å²) in [4.78, 5) is 4.20. The Morgan fingerprint density at radius 1 is 1.16 bits per heavy atom. The van der Waals surface area contributed by atoms with E-state index in [2.05, 4.69) is 20.7 Å². The number of nitrogens with zero attached hydrogens (tertiary/aromatic N) is 3. The standard InChI is InChI=1S/C17H15Cl2N5S/c1-11-5-6-14(8-15(11)19)21-17(25)22-16-20-10-24(23-16)9-12-3-2-4-13(18)7-12/h2-8,10H,9H2,1H3,(H2,21,22,23,25). The van der Waals surface area contributed by atoms with Crippen molar-refractivity contribution in [3.8, 4) is 0 Å². The van der Waals surface area contributed by atoms with Crippen molar-refractivity contribution in [2.45, 2.75) is 13.5 Å². The zero-order valence-corrected chi connectivity index (χ0v) is 15.7. The summed E-state index contributed by atoms with van der Waals surface area (Å²) >= 11 is 17.4. The topological polar surface area (TPSA) is 54.8 Å². The number of halogens is 2. The average molecular weight is 392 g/mol. The molecule has 1 aromatic heterocycles. The van der Waals surface area contributed by atoms with Gasteiger partial charge in [-0.05, 0) is 54.5 Å². The normalized spacial score (nSPS) is 10.5. The Morgan fingerprint density at radius 2 is 2.00 bits per heavy atom. The van der Waals surface area contributed by atoms with Crippen LogP contribution in [-0.4, -0.2) is 19.9 Å². The van der Waals surface area contributed by atoms with Crippen LogP contribution in [0.15, 0.2) is 48.8 Å². The van der Waals surface area contributed by atoms with Crippen LogP contribution in [0.5, 0.6) is 0 Å². The number of hydrogen-bond donors (Lipinski definition) is 2. The van der Waals surface area contributed by atoms with E-state index in [9.17, 15) is 0 Å². The van der Waals surface area contributed by atoms with Crippen molar-refractivity contribution in [1.82, 2.24) is 14.8 Å². The number of rotatable bonds is 4.